The van der Waals surface area contributed by atoms with Gasteiger partial charge in [-0.25, -0.2) is 0 Å². The van der Waals surface area contributed by atoms with Crippen molar-refractivity contribution in [2.75, 3.05) is 14.2 Å². The van der Waals surface area contributed by atoms with Crippen molar-refractivity contribution in [2.45, 2.75) is 12.3 Å². The number of aliphatic carboxylic acids is 1. The van der Waals surface area contributed by atoms with E-state index in [1.165, 1.54) is 0 Å². The molecule has 0 saturated heterocycles. The minimum Gasteiger partial charge on any atom is -0.497 e. The highest BCUT2D eigenvalue weighted by molar-refractivity contribution is 5.86. The van der Waals surface area contributed by atoms with E-state index in [4.69, 9.17) is 9.47 Å². The first-order chi connectivity index (χ1) is 10.1. The lowest BCUT2D eigenvalue weighted by Crippen LogP contribution is -2.19. The number of benzene rings is 2. The van der Waals surface area contributed by atoms with Gasteiger partial charge in [0.05, 0.1) is 20.1 Å². The van der Waals surface area contributed by atoms with Crippen LogP contribution in [0, 0.1) is 0 Å². The third-order valence-electron chi connectivity index (χ3n) is 3.97. The number of fused-ring (bicyclic) bond motifs is 3. The molecular formula is C17H16O4. The molecule has 21 heavy (non-hydrogen) atoms. The van der Waals surface area contributed by atoms with Crippen LogP contribution < -0.4 is 9.47 Å². The van der Waals surface area contributed by atoms with Gasteiger partial charge in [-0.3, -0.25) is 4.79 Å². The van der Waals surface area contributed by atoms with Crippen molar-refractivity contribution in [3.05, 3.63) is 47.5 Å². The van der Waals surface area contributed by atoms with Crippen molar-refractivity contribution in [1.82, 2.24) is 0 Å². The molecule has 1 N–H and O–H groups in total. The maximum Gasteiger partial charge on any atom is 0.311 e. The van der Waals surface area contributed by atoms with Crippen molar-refractivity contribution in [1.29, 1.82) is 0 Å². The highest BCUT2D eigenvalue weighted by atomic mass is 16.5. The summed E-state index contributed by atoms with van der Waals surface area (Å²) in [7, 11) is 3.23. The lowest BCUT2D eigenvalue weighted by Gasteiger charge is -2.26. The molecule has 1 aliphatic rings. The van der Waals surface area contributed by atoms with Gasteiger partial charge in [-0.2, -0.15) is 0 Å². The molecule has 2 aromatic rings. The van der Waals surface area contributed by atoms with Crippen LogP contribution in [0.25, 0.3) is 11.1 Å². The van der Waals surface area contributed by atoms with Crippen molar-refractivity contribution in [3.8, 4) is 22.6 Å². The smallest absolute Gasteiger partial charge is 0.311 e. The Balaban J connectivity index is 2.23. The first-order valence-electron chi connectivity index (χ1n) is 6.72. The van der Waals surface area contributed by atoms with Crippen LogP contribution in [0.15, 0.2) is 36.4 Å². The van der Waals surface area contributed by atoms with E-state index < -0.39 is 11.9 Å². The second-order valence-corrected chi connectivity index (χ2v) is 5.07. The van der Waals surface area contributed by atoms with Crippen LogP contribution in [-0.4, -0.2) is 25.3 Å². The van der Waals surface area contributed by atoms with Crippen LogP contribution in [0.1, 0.15) is 17.0 Å². The third-order valence-corrected chi connectivity index (χ3v) is 3.97. The van der Waals surface area contributed by atoms with Crippen LogP contribution in [0.2, 0.25) is 0 Å². The molecule has 1 aliphatic carbocycles. The molecule has 3 rings (SSSR count). The second kappa shape index (κ2) is 5.13. The predicted octanol–water partition coefficient (Wildman–Crippen LogP) is 3.10. The second-order valence-electron chi connectivity index (χ2n) is 5.07. The molecule has 0 heterocycles. The van der Waals surface area contributed by atoms with Crippen LogP contribution >= 0.6 is 0 Å². The average molecular weight is 284 g/mol. The molecule has 0 amide bonds. The maximum atomic E-state index is 11.5. The van der Waals surface area contributed by atoms with E-state index in [9.17, 15) is 9.90 Å². The van der Waals surface area contributed by atoms with Gasteiger partial charge in [0.15, 0.2) is 0 Å². The topological polar surface area (TPSA) is 55.8 Å². The number of methoxy groups -OCH3 is 2. The molecule has 0 fully saturated rings. The van der Waals surface area contributed by atoms with Crippen molar-refractivity contribution < 1.29 is 19.4 Å². The highest BCUT2D eigenvalue weighted by Gasteiger charge is 2.30. The van der Waals surface area contributed by atoms with E-state index in [1.807, 2.05) is 30.3 Å². The zero-order valence-corrected chi connectivity index (χ0v) is 11.9. The molecule has 0 aliphatic heterocycles. The summed E-state index contributed by atoms with van der Waals surface area (Å²) in [6.45, 7) is 0. The molecule has 1 unspecified atom stereocenters. The number of rotatable bonds is 3. The van der Waals surface area contributed by atoms with Gasteiger partial charge in [-0.1, -0.05) is 12.1 Å². The van der Waals surface area contributed by atoms with Crippen LogP contribution in [0.3, 0.4) is 0 Å². The Morgan fingerprint density at radius 1 is 1.05 bits per heavy atom. The third kappa shape index (κ3) is 2.23. The summed E-state index contributed by atoms with van der Waals surface area (Å²) in [6, 6.07) is 11.3. The van der Waals surface area contributed by atoms with Crippen LogP contribution in [-0.2, 0) is 11.2 Å². The zero-order chi connectivity index (χ0) is 15.0. The summed E-state index contributed by atoms with van der Waals surface area (Å²) in [5.74, 6) is 0.152. The fourth-order valence-corrected chi connectivity index (χ4v) is 2.86. The molecule has 4 heteroatoms. The fourth-order valence-electron chi connectivity index (χ4n) is 2.86. The Labute approximate surface area is 122 Å². The average Bonchev–Trinajstić information content (AvgIpc) is 2.52. The quantitative estimate of drug-likeness (QED) is 0.941. The molecule has 108 valence electrons. The van der Waals surface area contributed by atoms with E-state index in [0.29, 0.717) is 12.2 Å². The standard InChI is InChI=1S/C17H16O4/c1-20-11-4-3-10-7-16(17(18)19)13-6-5-12(21-2)9-15(13)14(10)8-11/h3-6,8-9,16H,7H2,1-2H3,(H,18,19). The van der Waals surface area contributed by atoms with Crippen LogP contribution in [0.4, 0.5) is 0 Å². The van der Waals surface area contributed by atoms with E-state index in [-0.39, 0.29) is 0 Å². The monoisotopic (exact) mass is 284 g/mol. The van der Waals surface area contributed by atoms with Crippen LogP contribution in [0.5, 0.6) is 11.5 Å². The van der Waals surface area contributed by atoms with Crippen molar-refractivity contribution in [2.24, 2.45) is 0 Å². The Hall–Kier alpha value is -2.49. The minimum atomic E-state index is -0.803. The normalized spacial score (nSPS) is 15.8. The summed E-state index contributed by atoms with van der Waals surface area (Å²) in [4.78, 5) is 11.5. The summed E-state index contributed by atoms with van der Waals surface area (Å²) in [5, 5.41) is 9.48. The fraction of sp³-hybridized carbons (Fsp3) is 0.235. The van der Waals surface area contributed by atoms with E-state index >= 15 is 0 Å². The number of hydrogen-bond donors (Lipinski definition) is 1. The largest absolute Gasteiger partial charge is 0.497 e. The summed E-state index contributed by atoms with van der Waals surface area (Å²) < 4.78 is 10.5. The summed E-state index contributed by atoms with van der Waals surface area (Å²) in [6.07, 6.45) is 0.494. The SMILES string of the molecule is COc1ccc2c(c1)-c1cc(OC)ccc1C(C(=O)O)C2. The Bertz CT molecular complexity index is 706. The lowest BCUT2D eigenvalue weighted by atomic mass is 9.78. The molecule has 2 aromatic carbocycles. The number of carbonyl (C=O) groups is 1. The first kappa shape index (κ1) is 13.5. The minimum absolute atomic E-state index is 0.494. The Kier molecular flexibility index (Phi) is 3.29. The van der Waals surface area contributed by atoms with Gasteiger partial charge in [0.1, 0.15) is 11.5 Å². The van der Waals surface area contributed by atoms with E-state index in [1.54, 1.807) is 20.3 Å². The van der Waals surface area contributed by atoms with Gasteiger partial charge < -0.3 is 14.6 Å². The highest BCUT2D eigenvalue weighted by Crippen LogP contribution is 2.42. The van der Waals surface area contributed by atoms with E-state index in [2.05, 4.69) is 0 Å². The van der Waals surface area contributed by atoms with Gasteiger partial charge >= 0.3 is 5.97 Å². The number of carboxylic acids is 1. The van der Waals surface area contributed by atoms with Crippen molar-refractivity contribution >= 4 is 5.97 Å². The first-order valence-corrected chi connectivity index (χ1v) is 6.72. The lowest BCUT2D eigenvalue weighted by molar-refractivity contribution is -0.138. The summed E-state index contributed by atoms with van der Waals surface area (Å²) in [5.41, 5.74) is 3.76. The molecule has 4 nitrogen and oxygen atoms in total. The zero-order valence-electron chi connectivity index (χ0n) is 11.9. The van der Waals surface area contributed by atoms with Gasteiger partial charge in [0.2, 0.25) is 0 Å². The van der Waals surface area contributed by atoms with Gasteiger partial charge in [-0.15, -0.1) is 0 Å². The van der Waals surface area contributed by atoms with Gasteiger partial charge in [0.25, 0.3) is 0 Å². The predicted molar refractivity (Wildman–Crippen MR) is 79.1 cm³/mol. The molecule has 0 aromatic heterocycles. The molecule has 1 atom stereocenters. The Morgan fingerprint density at radius 2 is 1.67 bits per heavy atom. The molecule has 0 bridgehead atoms. The molecule has 0 saturated carbocycles. The maximum absolute atomic E-state index is 11.5. The number of carboxylic acid groups (broad SMARTS) is 1. The van der Waals surface area contributed by atoms with Gasteiger partial charge in [-0.05, 0) is 52.9 Å². The molecule has 0 radical (unpaired) electrons. The molecular weight excluding hydrogens is 268 g/mol. The Morgan fingerprint density at radius 3 is 2.29 bits per heavy atom. The summed E-state index contributed by atoms with van der Waals surface area (Å²) >= 11 is 0. The number of hydrogen-bond acceptors (Lipinski definition) is 3. The molecule has 0 spiro atoms. The van der Waals surface area contributed by atoms with Gasteiger partial charge in [0, 0.05) is 0 Å². The van der Waals surface area contributed by atoms with E-state index in [0.717, 1.165) is 28.0 Å². The number of ether oxygens (including phenoxy) is 2. The van der Waals surface area contributed by atoms with Crippen molar-refractivity contribution in [3.63, 3.8) is 0 Å².